The lowest BCUT2D eigenvalue weighted by molar-refractivity contribution is 0.670. The zero-order chi connectivity index (χ0) is 42.0. The van der Waals surface area contributed by atoms with E-state index < -0.39 is 8.07 Å². The molecule has 1 aliphatic rings. The van der Waals surface area contributed by atoms with Crippen LogP contribution >= 0.6 is 0 Å². The van der Waals surface area contributed by atoms with E-state index in [1.54, 1.807) is 0 Å². The summed E-state index contributed by atoms with van der Waals surface area (Å²) in [5, 5.41) is 7.72. The van der Waals surface area contributed by atoms with Crippen molar-refractivity contribution in [1.29, 1.82) is 0 Å². The number of hydrogen-bond acceptors (Lipinski definition) is 4. The normalized spacial score (nSPS) is 12.5. The van der Waals surface area contributed by atoms with Crippen molar-refractivity contribution in [2.45, 2.75) is 0 Å². The zero-order valence-corrected chi connectivity index (χ0v) is 35.6. The number of rotatable bonds is 10. The van der Waals surface area contributed by atoms with Crippen LogP contribution in [0.2, 0.25) is 0 Å². The molecule has 0 atom stereocenters. The van der Waals surface area contributed by atoms with Crippen LogP contribution in [-0.2, 0) is 0 Å². The van der Waals surface area contributed by atoms with Crippen LogP contribution in [0.15, 0.2) is 252 Å². The van der Waals surface area contributed by atoms with E-state index >= 15 is 0 Å². The van der Waals surface area contributed by atoms with Crippen molar-refractivity contribution in [3.05, 3.63) is 243 Å². The van der Waals surface area contributed by atoms with E-state index in [1.165, 1.54) is 31.9 Å². The van der Waals surface area contributed by atoms with Crippen LogP contribution < -0.4 is 30.5 Å². The maximum atomic E-state index is 6.42. The zero-order valence-electron chi connectivity index (χ0n) is 34.6. The fourth-order valence-corrected chi connectivity index (χ4v) is 14.1. The topological polar surface area (TPSA) is 32.0 Å². The molecular formula is C58H43N3OSi. The van der Waals surface area contributed by atoms with E-state index in [-0.39, 0.29) is 0 Å². The molecule has 0 amide bonds. The molecule has 0 N–H and O–H groups in total. The van der Waals surface area contributed by atoms with Crippen LogP contribution in [-0.4, -0.2) is 21.0 Å². The van der Waals surface area contributed by atoms with Gasteiger partial charge in [0.15, 0.2) is 8.07 Å². The van der Waals surface area contributed by atoms with Gasteiger partial charge >= 0.3 is 0 Å². The summed E-state index contributed by atoms with van der Waals surface area (Å²) in [6, 6.07) is 83.8. The van der Waals surface area contributed by atoms with Crippen LogP contribution in [0.25, 0.3) is 44.2 Å². The SMILES string of the molecule is C1=CN(c2ccc(N(c3ccc(-c4ccc([Si](c5ccccc5)(c5ccccc5)c5ccccc5)cc4)cc3)c3ccc(-c4cccc5c4oc4ccccc45)cc3)cc2)CN=C1. The minimum Gasteiger partial charge on any atom is -0.455 e. The largest absolute Gasteiger partial charge is 0.455 e. The summed E-state index contributed by atoms with van der Waals surface area (Å²) < 4.78 is 6.42. The summed E-state index contributed by atoms with van der Waals surface area (Å²) in [5.41, 5.74) is 10.6. The summed E-state index contributed by atoms with van der Waals surface area (Å²) in [7, 11) is -2.61. The molecule has 9 aromatic carbocycles. The van der Waals surface area contributed by atoms with Crippen molar-refractivity contribution in [2.24, 2.45) is 4.99 Å². The molecule has 0 spiro atoms. The van der Waals surface area contributed by atoms with Gasteiger partial charge in [0, 0.05) is 51.5 Å². The molecule has 0 bridgehead atoms. The number of aliphatic imine (C=N–C) groups is 1. The Bertz CT molecular complexity index is 3120. The molecule has 5 heteroatoms. The number of hydrogen-bond donors (Lipinski definition) is 0. The number of furan rings is 1. The molecule has 300 valence electrons. The highest BCUT2D eigenvalue weighted by Gasteiger charge is 2.41. The summed E-state index contributed by atoms with van der Waals surface area (Å²) >= 11 is 0. The van der Waals surface area contributed by atoms with Crippen LogP contribution in [0.1, 0.15) is 0 Å². The van der Waals surface area contributed by atoms with Gasteiger partial charge < -0.3 is 14.2 Å². The van der Waals surface area contributed by atoms with Gasteiger partial charge in [0.05, 0.1) is 0 Å². The van der Waals surface area contributed by atoms with Crippen molar-refractivity contribution in [3.63, 3.8) is 0 Å². The molecule has 11 rings (SSSR count). The predicted octanol–water partition coefficient (Wildman–Crippen LogP) is 12.1. The summed E-state index contributed by atoms with van der Waals surface area (Å²) in [6.45, 7) is 0.607. The van der Waals surface area contributed by atoms with E-state index in [1.807, 2.05) is 24.4 Å². The predicted molar refractivity (Wildman–Crippen MR) is 268 cm³/mol. The van der Waals surface area contributed by atoms with E-state index in [0.29, 0.717) is 6.67 Å². The number of para-hydroxylation sites is 2. The second kappa shape index (κ2) is 16.5. The highest BCUT2D eigenvalue weighted by molar-refractivity contribution is 7.19. The monoisotopic (exact) mass is 825 g/mol. The van der Waals surface area contributed by atoms with Crippen LogP contribution in [0.3, 0.4) is 0 Å². The Hall–Kier alpha value is -7.99. The molecule has 10 aromatic rings. The molecule has 0 unspecified atom stereocenters. The molecule has 0 fully saturated rings. The molecule has 4 nitrogen and oxygen atoms in total. The first-order valence-corrected chi connectivity index (χ1v) is 23.5. The lowest BCUT2D eigenvalue weighted by Gasteiger charge is -2.34. The van der Waals surface area contributed by atoms with Crippen molar-refractivity contribution >= 4 is 79.7 Å². The van der Waals surface area contributed by atoms with Gasteiger partial charge in [-0.05, 0) is 98.1 Å². The molecule has 2 heterocycles. The quantitative estimate of drug-likeness (QED) is 0.102. The van der Waals surface area contributed by atoms with Gasteiger partial charge in [0.2, 0.25) is 0 Å². The van der Waals surface area contributed by atoms with Crippen LogP contribution in [0, 0.1) is 0 Å². The molecule has 0 radical (unpaired) electrons. The Morgan fingerprint density at radius 2 is 0.905 bits per heavy atom. The number of fused-ring (bicyclic) bond motifs is 3. The number of allylic oxidation sites excluding steroid dienone is 1. The number of anilines is 4. The van der Waals surface area contributed by atoms with Gasteiger partial charge in [-0.25, -0.2) is 0 Å². The van der Waals surface area contributed by atoms with Gasteiger partial charge in [0.25, 0.3) is 0 Å². The van der Waals surface area contributed by atoms with Gasteiger partial charge in [0.1, 0.15) is 17.8 Å². The molecule has 0 aliphatic carbocycles. The number of benzene rings is 9. The Balaban J connectivity index is 0.955. The highest BCUT2D eigenvalue weighted by Crippen LogP contribution is 2.40. The summed E-state index contributed by atoms with van der Waals surface area (Å²) in [4.78, 5) is 8.91. The summed E-state index contributed by atoms with van der Waals surface area (Å²) in [5.74, 6) is 0. The van der Waals surface area contributed by atoms with Gasteiger partial charge in [-0.2, -0.15) is 0 Å². The number of nitrogens with zero attached hydrogens (tertiary/aromatic N) is 3. The Kier molecular flexibility index (Phi) is 9.92. The Labute approximate surface area is 369 Å². The second-order valence-corrected chi connectivity index (χ2v) is 19.7. The molecular weight excluding hydrogens is 783 g/mol. The average molecular weight is 826 g/mol. The Morgan fingerprint density at radius 3 is 1.46 bits per heavy atom. The first-order chi connectivity index (χ1) is 31.2. The molecule has 1 aromatic heterocycles. The molecule has 0 saturated heterocycles. The molecule has 1 aliphatic heterocycles. The van der Waals surface area contributed by atoms with Crippen molar-refractivity contribution < 1.29 is 4.42 Å². The lowest BCUT2D eigenvalue weighted by atomic mass is 10.0. The third-order valence-electron chi connectivity index (χ3n) is 12.4. The van der Waals surface area contributed by atoms with Crippen molar-refractivity contribution in [1.82, 2.24) is 0 Å². The third-order valence-corrected chi connectivity index (χ3v) is 17.2. The first kappa shape index (κ1) is 38.0. The minimum absolute atomic E-state index is 0.607. The fraction of sp³-hybridized carbons (Fsp3) is 0.0172. The standard InChI is InChI=1S/C58H43N3OSi/c1-4-14-50(15-5-1)63(51-16-6-2-7-17-51,52-18-8-3-9-19-52)53-38-28-44(29-39-53)43-24-30-47(31-25-43)61(49-36-34-46(35-37-49)60-41-13-40-59-42-60)48-32-26-45(27-33-48)54-21-12-22-56-55-20-10-11-23-57(55)62-58(54)56/h1-41H,42H2. The fourth-order valence-electron chi connectivity index (χ4n) is 9.34. The van der Waals surface area contributed by atoms with Crippen molar-refractivity contribution in [2.75, 3.05) is 16.5 Å². The van der Waals surface area contributed by atoms with E-state index in [0.717, 1.165) is 55.8 Å². The van der Waals surface area contributed by atoms with Crippen LogP contribution in [0.4, 0.5) is 22.7 Å². The van der Waals surface area contributed by atoms with Gasteiger partial charge in [-0.1, -0.05) is 176 Å². The van der Waals surface area contributed by atoms with Crippen LogP contribution in [0.5, 0.6) is 0 Å². The molecule has 0 saturated carbocycles. The molecule has 63 heavy (non-hydrogen) atoms. The van der Waals surface area contributed by atoms with E-state index in [2.05, 4.69) is 239 Å². The van der Waals surface area contributed by atoms with E-state index in [9.17, 15) is 0 Å². The first-order valence-electron chi connectivity index (χ1n) is 21.5. The Morgan fingerprint density at radius 1 is 0.429 bits per heavy atom. The maximum Gasteiger partial charge on any atom is 0.179 e. The van der Waals surface area contributed by atoms with Gasteiger partial charge in [-0.3, -0.25) is 4.99 Å². The minimum atomic E-state index is -2.61. The third kappa shape index (κ3) is 6.95. The lowest BCUT2D eigenvalue weighted by Crippen LogP contribution is -2.74. The second-order valence-electron chi connectivity index (χ2n) is 15.9. The smallest absolute Gasteiger partial charge is 0.179 e. The average Bonchev–Trinajstić information content (AvgIpc) is 3.76. The van der Waals surface area contributed by atoms with E-state index in [4.69, 9.17) is 4.42 Å². The van der Waals surface area contributed by atoms with Crippen molar-refractivity contribution in [3.8, 4) is 22.3 Å². The maximum absolute atomic E-state index is 6.42. The van der Waals surface area contributed by atoms with Gasteiger partial charge in [-0.15, -0.1) is 0 Å². The summed E-state index contributed by atoms with van der Waals surface area (Å²) in [6.07, 6.45) is 5.89. The highest BCUT2D eigenvalue weighted by atomic mass is 28.3.